The number of hydrogen-bond acceptors (Lipinski definition) is 1. The van der Waals surface area contributed by atoms with Gasteiger partial charge in [-0.05, 0) is 23.6 Å². The van der Waals surface area contributed by atoms with Crippen molar-refractivity contribution in [3.8, 4) is 0 Å². The molecule has 0 fully saturated rings. The molecular weight excluding hydrogens is 176 g/mol. The van der Waals surface area contributed by atoms with E-state index in [1.165, 1.54) is 21.6 Å². The van der Waals surface area contributed by atoms with Crippen LogP contribution >= 0.6 is 11.8 Å². The predicted molar refractivity (Wildman–Crippen MR) is 60.5 cm³/mol. The number of allylic oxidation sites excluding steroid dienone is 2. The van der Waals surface area contributed by atoms with Gasteiger partial charge in [0.1, 0.15) is 0 Å². The first-order valence-electron chi connectivity index (χ1n) is 4.39. The molecule has 1 aliphatic heterocycles. The van der Waals surface area contributed by atoms with Gasteiger partial charge in [-0.25, -0.2) is 0 Å². The average molecular weight is 188 g/mol. The molecule has 1 heteroatoms. The average Bonchev–Trinajstić information content (AvgIpc) is 2.18. The highest BCUT2D eigenvalue weighted by molar-refractivity contribution is 8.03. The zero-order chi connectivity index (χ0) is 9.26. The molecule has 1 aromatic carbocycles. The molecule has 0 aliphatic carbocycles. The van der Waals surface area contributed by atoms with E-state index in [0.717, 1.165) is 5.75 Å². The predicted octanol–water partition coefficient (Wildman–Crippen LogP) is 3.85. The van der Waals surface area contributed by atoms with Gasteiger partial charge in [-0.3, -0.25) is 0 Å². The number of thioether (sulfide) groups is 1. The Morgan fingerprint density at radius 1 is 1.38 bits per heavy atom. The Labute approximate surface area is 83.4 Å². The molecular formula is C12H12S. The van der Waals surface area contributed by atoms with Crippen molar-refractivity contribution in [2.45, 2.75) is 12.7 Å². The van der Waals surface area contributed by atoms with Gasteiger partial charge in [0.2, 0.25) is 0 Å². The van der Waals surface area contributed by atoms with Crippen molar-refractivity contribution in [1.29, 1.82) is 0 Å². The summed E-state index contributed by atoms with van der Waals surface area (Å²) in [6.45, 7) is 6.13. The highest BCUT2D eigenvalue weighted by Gasteiger charge is 2.15. The van der Waals surface area contributed by atoms with Crippen molar-refractivity contribution >= 4 is 17.3 Å². The van der Waals surface area contributed by atoms with Crippen LogP contribution in [0.1, 0.15) is 18.1 Å². The summed E-state index contributed by atoms with van der Waals surface area (Å²) in [5, 5.41) is 0. The molecule has 0 radical (unpaired) electrons. The Balaban J connectivity index is 2.58. The second-order valence-electron chi connectivity index (χ2n) is 3.07. The number of rotatable bonds is 0. The molecule has 0 unspecified atom stereocenters. The SMILES string of the molecule is C=C1SCc2ccccc2/C1=C/C. The topological polar surface area (TPSA) is 0 Å². The summed E-state index contributed by atoms with van der Waals surface area (Å²) in [6.07, 6.45) is 2.15. The van der Waals surface area contributed by atoms with Crippen LogP contribution in [-0.2, 0) is 5.75 Å². The van der Waals surface area contributed by atoms with Gasteiger partial charge in [-0.2, -0.15) is 0 Å². The van der Waals surface area contributed by atoms with Gasteiger partial charge < -0.3 is 0 Å². The van der Waals surface area contributed by atoms with E-state index in [4.69, 9.17) is 0 Å². The van der Waals surface area contributed by atoms with E-state index in [0.29, 0.717) is 0 Å². The maximum Gasteiger partial charge on any atom is 0.0238 e. The maximum absolute atomic E-state index is 4.06. The molecule has 0 atom stereocenters. The number of benzene rings is 1. The third-order valence-electron chi connectivity index (χ3n) is 2.30. The first-order chi connectivity index (χ1) is 6.33. The number of hydrogen-bond donors (Lipinski definition) is 0. The molecule has 0 nitrogen and oxygen atoms in total. The molecule has 2 rings (SSSR count). The Hall–Kier alpha value is -0.950. The molecule has 0 spiro atoms. The van der Waals surface area contributed by atoms with Gasteiger partial charge in [0.15, 0.2) is 0 Å². The van der Waals surface area contributed by atoms with Gasteiger partial charge in [-0.1, -0.05) is 36.9 Å². The van der Waals surface area contributed by atoms with Crippen molar-refractivity contribution < 1.29 is 0 Å². The molecule has 0 N–H and O–H groups in total. The van der Waals surface area contributed by atoms with Crippen LogP contribution in [0.2, 0.25) is 0 Å². The van der Waals surface area contributed by atoms with Crippen LogP contribution < -0.4 is 0 Å². The third kappa shape index (κ3) is 1.44. The summed E-state index contributed by atoms with van der Waals surface area (Å²) in [7, 11) is 0. The number of fused-ring (bicyclic) bond motifs is 1. The van der Waals surface area contributed by atoms with Crippen LogP contribution in [0.15, 0.2) is 41.8 Å². The minimum Gasteiger partial charge on any atom is -0.121 e. The fourth-order valence-corrected chi connectivity index (χ4v) is 2.58. The lowest BCUT2D eigenvalue weighted by Crippen LogP contribution is -1.98. The molecule has 0 saturated heterocycles. The summed E-state index contributed by atoms with van der Waals surface area (Å²) in [5.41, 5.74) is 4.08. The molecule has 0 aromatic heterocycles. The maximum atomic E-state index is 4.06. The summed E-state index contributed by atoms with van der Waals surface area (Å²) >= 11 is 1.83. The normalized spacial score (nSPS) is 18.8. The van der Waals surface area contributed by atoms with Crippen LogP contribution in [0.3, 0.4) is 0 Å². The van der Waals surface area contributed by atoms with E-state index in [1.54, 1.807) is 0 Å². The lowest BCUT2D eigenvalue weighted by atomic mass is 10.00. The van der Waals surface area contributed by atoms with Gasteiger partial charge in [-0.15, -0.1) is 11.8 Å². The lowest BCUT2D eigenvalue weighted by molar-refractivity contribution is 1.36. The zero-order valence-electron chi connectivity index (χ0n) is 7.71. The second-order valence-corrected chi connectivity index (χ2v) is 4.14. The molecule has 66 valence electrons. The minimum atomic E-state index is 1.06. The van der Waals surface area contributed by atoms with Crippen LogP contribution in [0, 0.1) is 0 Å². The highest BCUT2D eigenvalue weighted by atomic mass is 32.2. The van der Waals surface area contributed by atoms with E-state index in [9.17, 15) is 0 Å². The molecule has 13 heavy (non-hydrogen) atoms. The van der Waals surface area contributed by atoms with Gasteiger partial charge in [0, 0.05) is 10.7 Å². The van der Waals surface area contributed by atoms with Crippen molar-refractivity contribution in [3.63, 3.8) is 0 Å². The monoisotopic (exact) mass is 188 g/mol. The van der Waals surface area contributed by atoms with Crippen molar-refractivity contribution in [2.24, 2.45) is 0 Å². The minimum absolute atomic E-state index is 1.06. The molecule has 0 amide bonds. The fourth-order valence-electron chi connectivity index (χ4n) is 1.62. The summed E-state index contributed by atoms with van der Waals surface area (Å²) in [5.74, 6) is 1.06. The van der Waals surface area contributed by atoms with Crippen molar-refractivity contribution in [2.75, 3.05) is 0 Å². The van der Waals surface area contributed by atoms with Crippen molar-refractivity contribution in [3.05, 3.63) is 53.0 Å². The first-order valence-corrected chi connectivity index (χ1v) is 5.38. The van der Waals surface area contributed by atoms with E-state index < -0.39 is 0 Å². The van der Waals surface area contributed by atoms with Crippen LogP contribution in [-0.4, -0.2) is 0 Å². The summed E-state index contributed by atoms with van der Waals surface area (Å²) < 4.78 is 0. The Morgan fingerprint density at radius 2 is 2.15 bits per heavy atom. The van der Waals surface area contributed by atoms with E-state index in [1.807, 2.05) is 11.8 Å². The third-order valence-corrected chi connectivity index (χ3v) is 3.32. The smallest absolute Gasteiger partial charge is 0.0238 e. The van der Waals surface area contributed by atoms with Gasteiger partial charge in [0.25, 0.3) is 0 Å². The summed E-state index contributed by atoms with van der Waals surface area (Å²) in [4.78, 5) is 1.20. The van der Waals surface area contributed by atoms with Crippen LogP contribution in [0.4, 0.5) is 0 Å². The standard InChI is InChI=1S/C12H12S/c1-3-11-9(2)13-8-10-6-4-5-7-12(10)11/h3-7H,2,8H2,1H3/b11-3+. The molecule has 0 saturated carbocycles. The van der Waals surface area contributed by atoms with Gasteiger partial charge in [0.05, 0.1) is 0 Å². The summed E-state index contributed by atoms with van der Waals surface area (Å²) in [6, 6.07) is 8.56. The fraction of sp³-hybridized carbons (Fsp3) is 0.167. The molecule has 0 bridgehead atoms. The van der Waals surface area contributed by atoms with Crippen molar-refractivity contribution in [1.82, 2.24) is 0 Å². The molecule has 1 heterocycles. The van der Waals surface area contributed by atoms with Crippen LogP contribution in [0.5, 0.6) is 0 Å². The molecule has 1 aromatic rings. The van der Waals surface area contributed by atoms with E-state index in [2.05, 4.69) is 43.8 Å². The zero-order valence-corrected chi connectivity index (χ0v) is 8.53. The Kier molecular flexibility index (Phi) is 2.28. The molecule has 1 aliphatic rings. The Morgan fingerprint density at radius 3 is 2.92 bits per heavy atom. The first kappa shape index (κ1) is 8.64. The largest absolute Gasteiger partial charge is 0.121 e. The highest BCUT2D eigenvalue weighted by Crippen LogP contribution is 2.39. The Bertz CT molecular complexity index is 374. The van der Waals surface area contributed by atoms with Crippen LogP contribution in [0.25, 0.3) is 5.57 Å². The van der Waals surface area contributed by atoms with Gasteiger partial charge >= 0.3 is 0 Å². The quantitative estimate of drug-likeness (QED) is 0.596. The van der Waals surface area contributed by atoms with E-state index >= 15 is 0 Å². The second kappa shape index (κ2) is 3.43. The van der Waals surface area contributed by atoms with E-state index in [-0.39, 0.29) is 0 Å². The lowest BCUT2D eigenvalue weighted by Gasteiger charge is -2.20.